The first kappa shape index (κ1) is 9.43. The fraction of sp³-hybridized carbons (Fsp3) is 0.300. The molecule has 0 spiro atoms. The number of aliphatic hydroxyl groups is 1. The van der Waals surface area contributed by atoms with Gasteiger partial charge in [-0.05, 0) is 18.6 Å². The number of hydrogen-bond donors (Lipinski definition) is 2. The molecule has 2 aromatic rings. The third-order valence-corrected chi connectivity index (χ3v) is 3.08. The van der Waals surface area contributed by atoms with Crippen LogP contribution >= 0.6 is 11.3 Å². The van der Waals surface area contributed by atoms with Crippen molar-refractivity contribution in [3.63, 3.8) is 0 Å². The number of aromatic nitrogens is 2. The van der Waals surface area contributed by atoms with Gasteiger partial charge in [-0.1, -0.05) is 6.92 Å². The van der Waals surface area contributed by atoms with Gasteiger partial charge in [-0.25, -0.2) is 4.98 Å². The Morgan fingerprint density at radius 2 is 2.50 bits per heavy atom. The summed E-state index contributed by atoms with van der Waals surface area (Å²) < 4.78 is 0. The molecule has 74 valence electrons. The average molecular weight is 208 g/mol. The molecule has 0 saturated heterocycles. The monoisotopic (exact) mass is 208 g/mol. The molecule has 0 bridgehead atoms. The summed E-state index contributed by atoms with van der Waals surface area (Å²) in [7, 11) is 0. The van der Waals surface area contributed by atoms with Crippen molar-refractivity contribution >= 4 is 11.3 Å². The summed E-state index contributed by atoms with van der Waals surface area (Å²) in [6.07, 6.45) is 2.09. The van der Waals surface area contributed by atoms with Crippen LogP contribution in [0.3, 0.4) is 0 Å². The van der Waals surface area contributed by atoms with Gasteiger partial charge in [0, 0.05) is 11.6 Å². The maximum absolute atomic E-state index is 9.90. The van der Waals surface area contributed by atoms with E-state index >= 15 is 0 Å². The largest absolute Gasteiger partial charge is 0.380 e. The first-order chi connectivity index (χ1) is 6.81. The van der Waals surface area contributed by atoms with Gasteiger partial charge in [0.2, 0.25) is 0 Å². The number of aliphatic hydroxyl groups excluding tert-OH is 1. The van der Waals surface area contributed by atoms with Crippen molar-refractivity contribution in [3.8, 4) is 0 Å². The zero-order chi connectivity index (χ0) is 9.97. The first-order valence-corrected chi connectivity index (χ1v) is 5.45. The number of rotatable bonds is 3. The maximum Gasteiger partial charge on any atom is 0.136 e. The molecule has 2 aromatic heterocycles. The average Bonchev–Trinajstić information content (AvgIpc) is 2.88. The van der Waals surface area contributed by atoms with E-state index < -0.39 is 6.10 Å². The van der Waals surface area contributed by atoms with E-state index in [-0.39, 0.29) is 0 Å². The smallest absolute Gasteiger partial charge is 0.136 e. The van der Waals surface area contributed by atoms with Crippen molar-refractivity contribution in [2.24, 2.45) is 0 Å². The number of H-pyrrole nitrogens is 1. The SMILES string of the molecule is CCc1nc(C(O)c2ccc[nH]2)cs1. The molecule has 0 aromatic carbocycles. The predicted molar refractivity (Wildman–Crippen MR) is 56.3 cm³/mol. The van der Waals surface area contributed by atoms with Gasteiger partial charge >= 0.3 is 0 Å². The van der Waals surface area contributed by atoms with E-state index in [0.29, 0.717) is 0 Å². The molecule has 0 aliphatic heterocycles. The fourth-order valence-electron chi connectivity index (χ4n) is 1.29. The highest BCUT2D eigenvalue weighted by atomic mass is 32.1. The van der Waals surface area contributed by atoms with Crippen molar-refractivity contribution in [1.29, 1.82) is 0 Å². The second kappa shape index (κ2) is 3.94. The Hall–Kier alpha value is -1.13. The van der Waals surface area contributed by atoms with Crippen molar-refractivity contribution < 1.29 is 5.11 Å². The number of thiazole rings is 1. The van der Waals surface area contributed by atoms with Crippen LogP contribution in [0.1, 0.15) is 29.4 Å². The molecule has 2 N–H and O–H groups in total. The van der Waals surface area contributed by atoms with Crippen LogP contribution in [0, 0.1) is 0 Å². The Morgan fingerprint density at radius 1 is 1.64 bits per heavy atom. The molecule has 1 unspecified atom stereocenters. The number of nitrogens with one attached hydrogen (secondary N) is 1. The molecule has 1 atom stereocenters. The standard InChI is InChI=1S/C10H12N2OS/c1-2-9-12-8(6-14-9)10(13)7-4-3-5-11-7/h3-6,10-11,13H,2H2,1H3. The quantitative estimate of drug-likeness (QED) is 0.811. The zero-order valence-electron chi connectivity index (χ0n) is 7.90. The van der Waals surface area contributed by atoms with E-state index in [1.54, 1.807) is 17.5 Å². The topological polar surface area (TPSA) is 48.9 Å². The van der Waals surface area contributed by atoms with E-state index in [2.05, 4.69) is 16.9 Å². The summed E-state index contributed by atoms with van der Waals surface area (Å²) >= 11 is 1.59. The molecule has 2 rings (SSSR count). The van der Waals surface area contributed by atoms with Gasteiger partial charge < -0.3 is 10.1 Å². The molecule has 0 amide bonds. The van der Waals surface area contributed by atoms with E-state index in [1.807, 2.05) is 17.5 Å². The molecule has 0 saturated carbocycles. The van der Waals surface area contributed by atoms with Gasteiger partial charge in [0.25, 0.3) is 0 Å². The van der Waals surface area contributed by atoms with Gasteiger partial charge in [-0.3, -0.25) is 0 Å². The van der Waals surface area contributed by atoms with E-state index in [0.717, 1.165) is 22.8 Å². The Kier molecular flexibility index (Phi) is 2.65. The first-order valence-electron chi connectivity index (χ1n) is 4.57. The second-order valence-electron chi connectivity index (χ2n) is 3.05. The minimum Gasteiger partial charge on any atom is -0.380 e. The normalized spacial score (nSPS) is 13.0. The van der Waals surface area contributed by atoms with Gasteiger partial charge in [-0.2, -0.15) is 0 Å². The Bertz CT molecular complexity index is 394. The van der Waals surface area contributed by atoms with E-state index in [1.165, 1.54) is 0 Å². The van der Waals surface area contributed by atoms with Crippen LogP contribution in [-0.4, -0.2) is 15.1 Å². The number of aromatic amines is 1. The highest BCUT2D eigenvalue weighted by molar-refractivity contribution is 7.09. The van der Waals surface area contributed by atoms with Gasteiger partial charge in [0.05, 0.1) is 16.4 Å². The molecule has 0 fully saturated rings. The molecular weight excluding hydrogens is 196 g/mol. The minimum absolute atomic E-state index is 0.624. The third kappa shape index (κ3) is 1.71. The Labute approximate surface area is 86.4 Å². The van der Waals surface area contributed by atoms with Crippen LogP contribution in [0.25, 0.3) is 0 Å². The van der Waals surface area contributed by atoms with Crippen molar-refractivity contribution in [1.82, 2.24) is 9.97 Å². The van der Waals surface area contributed by atoms with Gasteiger partial charge in [-0.15, -0.1) is 11.3 Å². The zero-order valence-corrected chi connectivity index (χ0v) is 8.71. The number of aryl methyl sites for hydroxylation is 1. The lowest BCUT2D eigenvalue weighted by Crippen LogP contribution is -2.00. The fourth-order valence-corrected chi connectivity index (χ4v) is 2.05. The van der Waals surface area contributed by atoms with Crippen LogP contribution in [0.4, 0.5) is 0 Å². The van der Waals surface area contributed by atoms with Crippen LogP contribution in [0.5, 0.6) is 0 Å². The van der Waals surface area contributed by atoms with Crippen molar-refractivity contribution in [3.05, 3.63) is 40.1 Å². The van der Waals surface area contributed by atoms with Gasteiger partial charge in [0.15, 0.2) is 0 Å². The lowest BCUT2D eigenvalue weighted by molar-refractivity contribution is 0.211. The van der Waals surface area contributed by atoms with Crippen LogP contribution in [0.2, 0.25) is 0 Å². The lowest BCUT2D eigenvalue weighted by atomic mass is 10.2. The van der Waals surface area contributed by atoms with Gasteiger partial charge in [0.1, 0.15) is 6.10 Å². The highest BCUT2D eigenvalue weighted by Gasteiger charge is 2.13. The number of nitrogens with zero attached hydrogens (tertiary/aromatic N) is 1. The summed E-state index contributed by atoms with van der Waals surface area (Å²) in [6.45, 7) is 2.06. The minimum atomic E-state index is -0.624. The molecule has 4 heteroatoms. The molecule has 0 aliphatic rings. The van der Waals surface area contributed by atoms with Crippen molar-refractivity contribution in [2.45, 2.75) is 19.4 Å². The summed E-state index contributed by atoms with van der Waals surface area (Å²) in [6, 6.07) is 3.72. The van der Waals surface area contributed by atoms with E-state index in [4.69, 9.17) is 0 Å². The number of hydrogen-bond acceptors (Lipinski definition) is 3. The Morgan fingerprint density at radius 3 is 3.07 bits per heavy atom. The summed E-state index contributed by atoms with van der Waals surface area (Å²) in [5.41, 5.74) is 1.52. The lowest BCUT2D eigenvalue weighted by Gasteiger charge is -2.04. The van der Waals surface area contributed by atoms with Crippen LogP contribution < -0.4 is 0 Å². The predicted octanol–water partition coefficient (Wildman–Crippen LogP) is 2.12. The summed E-state index contributed by atoms with van der Waals surface area (Å²) in [4.78, 5) is 7.31. The maximum atomic E-state index is 9.90. The van der Waals surface area contributed by atoms with Crippen molar-refractivity contribution in [2.75, 3.05) is 0 Å². The highest BCUT2D eigenvalue weighted by Crippen LogP contribution is 2.22. The van der Waals surface area contributed by atoms with Crippen LogP contribution in [-0.2, 0) is 6.42 Å². The molecule has 14 heavy (non-hydrogen) atoms. The molecule has 0 aliphatic carbocycles. The molecule has 0 radical (unpaired) electrons. The van der Waals surface area contributed by atoms with E-state index in [9.17, 15) is 5.11 Å². The molecule has 2 heterocycles. The third-order valence-electron chi connectivity index (χ3n) is 2.07. The van der Waals surface area contributed by atoms with Crippen LogP contribution in [0.15, 0.2) is 23.7 Å². The Balaban J connectivity index is 2.23. The molecule has 3 nitrogen and oxygen atoms in total. The molecular formula is C10H12N2OS. The summed E-state index contributed by atoms with van der Waals surface area (Å²) in [5.74, 6) is 0. The second-order valence-corrected chi connectivity index (χ2v) is 3.99. The summed E-state index contributed by atoms with van der Waals surface area (Å²) in [5, 5.41) is 12.9.